The Labute approximate surface area is 87.1 Å². The van der Waals surface area contributed by atoms with Crippen LogP contribution >= 0.6 is 0 Å². The zero-order valence-electron chi connectivity index (χ0n) is 9.79. The van der Waals surface area contributed by atoms with E-state index in [1.807, 2.05) is 25.7 Å². The highest BCUT2D eigenvalue weighted by Gasteiger charge is 2.05. The van der Waals surface area contributed by atoms with Crippen molar-refractivity contribution in [2.75, 3.05) is 26.3 Å². The molecule has 0 amide bonds. The minimum absolute atomic E-state index is 0.246. The number of guanidine groups is 1. The number of hydrogen-bond acceptors (Lipinski definition) is 2. The summed E-state index contributed by atoms with van der Waals surface area (Å²) < 4.78 is 5.27. The third kappa shape index (κ3) is 5.80. The van der Waals surface area contributed by atoms with E-state index in [0.29, 0.717) is 12.6 Å². The van der Waals surface area contributed by atoms with Gasteiger partial charge in [-0.15, -0.1) is 0 Å². The summed E-state index contributed by atoms with van der Waals surface area (Å²) in [5, 5.41) is 0. The van der Waals surface area contributed by atoms with E-state index in [4.69, 9.17) is 10.5 Å². The second-order valence-corrected chi connectivity index (χ2v) is 3.36. The normalized spacial score (nSPS) is 12.2. The van der Waals surface area contributed by atoms with E-state index in [2.05, 4.69) is 11.9 Å². The Balaban J connectivity index is 3.99. The van der Waals surface area contributed by atoms with Crippen LogP contribution in [0.1, 0.15) is 27.7 Å². The number of aliphatic imine (C=N–C) groups is 1. The predicted octanol–water partition coefficient (Wildman–Crippen LogP) is 1.07. The molecule has 0 aromatic rings. The Morgan fingerprint density at radius 3 is 2.50 bits per heavy atom. The van der Waals surface area contributed by atoms with Crippen LogP contribution in [0.15, 0.2) is 4.99 Å². The number of ether oxygens (including phenoxy) is 1. The van der Waals surface area contributed by atoms with Crippen molar-refractivity contribution >= 4 is 5.96 Å². The van der Waals surface area contributed by atoms with Crippen LogP contribution in [-0.4, -0.2) is 43.2 Å². The molecule has 14 heavy (non-hydrogen) atoms. The highest BCUT2D eigenvalue weighted by molar-refractivity contribution is 5.78. The molecule has 0 atom stereocenters. The zero-order chi connectivity index (χ0) is 11.0. The van der Waals surface area contributed by atoms with Gasteiger partial charge in [0.25, 0.3) is 0 Å². The first-order chi connectivity index (χ1) is 6.61. The average Bonchev–Trinajstić information content (AvgIpc) is 2.11. The summed E-state index contributed by atoms with van der Waals surface area (Å²) in [4.78, 5) is 6.32. The lowest BCUT2D eigenvalue weighted by Crippen LogP contribution is -2.40. The van der Waals surface area contributed by atoms with Crippen LogP contribution in [0.4, 0.5) is 0 Å². The summed E-state index contributed by atoms with van der Waals surface area (Å²) in [6.45, 7) is 11.2. The van der Waals surface area contributed by atoms with Crippen molar-refractivity contribution < 1.29 is 4.74 Å². The molecule has 0 spiro atoms. The quantitative estimate of drug-likeness (QED) is 0.397. The fourth-order valence-corrected chi connectivity index (χ4v) is 1.10. The van der Waals surface area contributed by atoms with Gasteiger partial charge in [-0.25, -0.2) is 0 Å². The van der Waals surface area contributed by atoms with E-state index in [0.717, 1.165) is 19.7 Å². The van der Waals surface area contributed by atoms with E-state index < -0.39 is 0 Å². The minimum atomic E-state index is 0.246. The first-order valence-corrected chi connectivity index (χ1v) is 5.27. The maximum Gasteiger partial charge on any atom is 0.191 e. The van der Waals surface area contributed by atoms with Gasteiger partial charge in [0.15, 0.2) is 5.96 Å². The Morgan fingerprint density at radius 2 is 2.07 bits per heavy atom. The summed E-state index contributed by atoms with van der Waals surface area (Å²) in [5.41, 5.74) is 5.83. The average molecular weight is 201 g/mol. The molecule has 84 valence electrons. The molecule has 0 saturated carbocycles. The monoisotopic (exact) mass is 201 g/mol. The third-order valence-electron chi connectivity index (χ3n) is 1.81. The first-order valence-electron chi connectivity index (χ1n) is 5.27. The van der Waals surface area contributed by atoms with E-state index in [1.54, 1.807) is 0 Å². The molecule has 4 heteroatoms. The standard InChI is InChI=1S/C10H23N3O/c1-5-13(7-8-14-6-2)10(11)12-9(3)4/h9H,5-8H2,1-4H3,(H2,11,12). The maximum atomic E-state index is 5.83. The molecule has 0 aliphatic rings. The molecule has 0 saturated heterocycles. The first kappa shape index (κ1) is 13.2. The summed E-state index contributed by atoms with van der Waals surface area (Å²) in [6, 6.07) is 0.246. The van der Waals surface area contributed by atoms with Crippen LogP contribution in [0.5, 0.6) is 0 Å². The molecule has 0 radical (unpaired) electrons. The van der Waals surface area contributed by atoms with Gasteiger partial charge in [-0.2, -0.15) is 0 Å². The van der Waals surface area contributed by atoms with Crippen LogP contribution in [0, 0.1) is 0 Å². The second-order valence-electron chi connectivity index (χ2n) is 3.36. The fraction of sp³-hybridized carbons (Fsp3) is 0.900. The van der Waals surface area contributed by atoms with E-state index >= 15 is 0 Å². The lowest BCUT2D eigenvalue weighted by atomic mass is 10.4. The van der Waals surface area contributed by atoms with Gasteiger partial charge in [-0.1, -0.05) is 0 Å². The van der Waals surface area contributed by atoms with Crippen LogP contribution in [0.3, 0.4) is 0 Å². The molecular formula is C10H23N3O. The number of rotatable bonds is 6. The molecule has 0 unspecified atom stereocenters. The van der Waals surface area contributed by atoms with Gasteiger partial charge in [0, 0.05) is 25.7 Å². The minimum Gasteiger partial charge on any atom is -0.380 e. The van der Waals surface area contributed by atoms with Gasteiger partial charge >= 0.3 is 0 Å². The summed E-state index contributed by atoms with van der Waals surface area (Å²) >= 11 is 0. The molecule has 0 aromatic heterocycles. The van der Waals surface area contributed by atoms with Crippen molar-refractivity contribution in [3.05, 3.63) is 0 Å². The predicted molar refractivity (Wildman–Crippen MR) is 60.5 cm³/mol. The number of hydrogen-bond donors (Lipinski definition) is 1. The Hall–Kier alpha value is -0.770. The molecule has 0 aliphatic heterocycles. The molecule has 2 N–H and O–H groups in total. The van der Waals surface area contributed by atoms with Gasteiger partial charge in [0.05, 0.1) is 6.61 Å². The number of likely N-dealkylation sites (N-methyl/N-ethyl adjacent to an activating group) is 1. The summed E-state index contributed by atoms with van der Waals surface area (Å²) in [6.07, 6.45) is 0. The van der Waals surface area contributed by atoms with Gasteiger partial charge in [-0.3, -0.25) is 4.99 Å². The third-order valence-corrected chi connectivity index (χ3v) is 1.81. The van der Waals surface area contributed by atoms with Gasteiger partial charge in [-0.05, 0) is 27.7 Å². The van der Waals surface area contributed by atoms with Gasteiger partial charge in [0.1, 0.15) is 0 Å². The Kier molecular flexibility index (Phi) is 7.20. The van der Waals surface area contributed by atoms with Crippen LogP contribution in [-0.2, 0) is 4.74 Å². The topological polar surface area (TPSA) is 50.9 Å². The number of nitrogens with zero attached hydrogens (tertiary/aromatic N) is 2. The van der Waals surface area contributed by atoms with E-state index in [-0.39, 0.29) is 6.04 Å². The fourth-order valence-electron chi connectivity index (χ4n) is 1.10. The SMILES string of the molecule is CCOCCN(CC)C(N)=NC(C)C. The molecule has 0 heterocycles. The van der Waals surface area contributed by atoms with Crippen molar-refractivity contribution in [2.24, 2.45) is 10.7 Å². The number of nitrogens with two attached hydrogens (primary N) is 1. The van der Waals surface area contributed by atoms with Crippen molar-refractivity contribution in [3.8, 4) is 0 Å². The van der Waals surface area contributed by atoms with Crippen molar-refractivity contribution in [2.45, 2.75) is 33.7 Å². The molecule has 0 aromatic carbocycles. The molecule has 0 bridgehead atoms. The lowest BCUT2D eigenvalue weighted by molar-refractivity contribution is 0.133. The molecule has 0 rings (SSSR count). The van der Waals surface area contributed by atoms with Crippen LogP contribution in [0.2, 0.25) is 0 Å². The van der Waals surface area contributed by atoms with Crippen molar-refractivity contribution in [3.63, 3.8) is 0 Å². The van der Waals surface area contributed by atoms with Gasteiger partial charge < -0.3 is 15.4 Å². The highest BCUT2D eigenvalue weighted by atomic mass is 16.5. The summed E-state index contributed by atoms with van der Waals surface area (Å²) in [5.74, 6) is 0.613. The van der Waals surface area contributed by atoms with E-state index in [1.165, 1.54) is 0 Å². The maximum absolute atomic E-state index is 5.83. The Morgan fingerprint density at radius 1 is 1.43 bits per heavy atom. The zero-order valence-corrected chi connectivity index (χ0v) is 9.79. The molecule has 0 fully saturated rings. The summed E-state index contributed by atoms with van der Waals surface area (Å²) in [7, 11) is 0. The van der Waals surface area contributed by atoms with Crippen LogP contribution < -0.4 is 5.73 Å². The van der Waals surface area contributed by atoms with Crippen molar-refractivity contribution in [1.29, 1.82) is 0 Å². The van der Waals surface area contributed by atoms with Gasteiger partial charge in [0.2, 0.25) is 0 Å². The molecular weight excluding hydrogens is 178 g/mol. The molecule has 0 aliphatic carbocycles. The molecule has 4 nitrogen and oxygen atoms in total. The van der Waals surface area contributed by atoms with E-state index in [9.17, 15) is 0 Å². The highest BCUT2D eigenvalue weighted by Crippen LogP contribution is 1.92. The largest absolute Gasteiger partial charge is 0.380 e. The van der Waals surface area contributed by atoms with Crippen LogP contribution in [0.25, 0.3) is 0 Å². The second kappa shape index (κ2) is 7.62. The smallest absolute Gasteiger partial charge is 0.191 e. The Bertz CT molecular complexity index is 169. The lowest BCUT2D eigenvalue weighted by Gasteiger charge is -2.22. The van der Waals surface area contributed by atoms with Crippen molar-refractivity contribution in [1.82, 2.24) is 4.90 Å².